The van der Waals surface area contributed by atoms with Crippen LogP contribution >= 0.6 is 0 Å². The maximum absolute atomic E-state index is 5.81. The summed E-state index contributed by atoms with van der Waals surface area (Å²) in [6.45, 7) is 1.92. The molecule has 0 radical (unpaired) electrons. The van der Waals surface area contributed by atoms with Crippen molar-refractivity contribution in [2.24, 2.45) is 5.73 Å². The van der Waals surface area contributed by atoms with Crippen molar-refractivity contribution in [3.05, 3.63) is 60.4 Å². The Labute approximate surface area is 117 Å². The highest BCUT2D eigenvalue weighted by molar-refractivity contribution is 5.84. The van der Waals surface area contributed by atoms with E-state index < -0.39 is 0 Å². The predicted octanol–water partition coefficient (Wildman–Crippen LogP) is 3.44. The molecule has 0 bridgehead atoms. The van der Waals surface area contributed by atoms with Crippen molar-refractivity contribution in [2.75, 3.05) is 0 Å². The highest BCUT2D eigenvalue weighted by Gasteiger charge is 2.06. The van der Waals surface area contributed by atoms with Crippen molar-refractivity contribution in [3.8, 4) is 11.6 Å². The average molecular weight is 265 g/mol. The number of ether oxygens (including phenoxy) is 1. The number of rotatable bonds is 3. The Morgan fingerprint density at radius 3 is 2.65 bits per heavy atom. The van der Waals surface area contributed by atoms with Crippen molar-refractivity contribution >= 4 is 10.9 Å². The third-order valence-corrected chi connectivity index (χ3v) is 3.10. The normalized spacial score (nSPS) is 12.3. The standard InChI is InChI=1S/C16H15N3O/c1-11(17)13-7-8-15(19-10-13)20-14-6-2-4-12-5-3-9-18-16(12)14/h2-11H,17H2,1H3/t11-/m1/s1. The number of nitrogens with zero attached hydrogens (tertiary/aromatic N) is 2. The molecule has 3 aromatic rings. The number of hydrogen-bond donors (Lipinski definition) is 1. The van der Waals surface area contributed by atoms with Crippen LogP contribution in [-0.4, -0.2) is 9.97 Å². The van der Waals surface area contributed by atoms with Gasteiger partial charge in [0.15, 0.2) is 5.75 Å². The van der Waals surface area contributed by atoms with Crippen LogP contribution in [0.15, 0.2) is 54.9 Å². The van der Waals surface area contributed by atoms with Gasteiger partial charge >= 0.3 is 0 Å². The Morgan fingerprint density at radius 1 is 1.05 bits per heavy atom. The summed E-state index contributed by atoms with van der Waals surface area (Å²) < 4.78 is 5.81. The Bertz CT molecular complexity index is 718. The van der Waals surface area contributed by atoms with Crippen molar-refractivity contribution in [2.45, 2.75) is 13.0 Å². The van der Waals surface area contributed by atoms with E-state index >= 15 is 0 Å². The van der Waals surface area contributed by atoms with Gasteiger partial charge in [0.2, 0.25) is 5.88 Å². The molecule has 20 heavy (non-hydrogen) atoms. The van der Waals surface area contributed by atoms with Gasteiger partial charge in [0.25, 0.3) is 0 Å². The van der Waals surface area contributed by atoms with E-state index in [0.29, 0.717) is 11.6 Å². The van der Waals surface area contributed by atoms with Crippen LogP contribution in [0.5, 0.6) is 11.6 Å². The van der Waals surface area contributed by atoms with Crippen molar-refractivity contribution in [1.29, 1.82) is 0 Å². The van der Waals surface area contributed by atoms with Crippen LogP contribution in [-0.2, 0) is 0 Å². The van der Waals surface area contributed by atoms with Gasteiger partial charge in [-0.05, 0) is 24.6 Å². The van der Waals surface area contributed by atoms with Crippen LogP contribution in [0, 0.1) is 0 Å². The lowest BCUT2D eigenvalue weighted by molar-refractivity contribution is 0.466. The summed E-state index contributed by atoms with van der Waals surface area (Å²) in [4.78, 5) is 8.62. The zero-order valence-corrected chi connectivity index (χ0v) is 11.2. The number of para-hydroxylation sites is 1. The number of fused-ring (bicyclic) bond motifs is 1. The molecule has 0 amide bonds. The molecule has 0 saturated carbocycles. The summed E-state index contributed by atoms with van der Waals surface area (Å²) in [6.07, 6.45) is 3.49. The first-order valence-corrected chi connectivity index (χ1v) is 6.47. The molecule has 1 aromatic carbocycles. The van der Waals surface area contributed by atoms with E-state index in [1.807, 2.05) is 49.4 Å². The molecule has 2 aromatic heterocycles. The molecule has 4 nitrogen and oxygen atoms in total. The Balaban J connectivity index is 1.93. The van der Waals surface area contributed by atoms with Gasteiger partial charge in [-0.25, -0.2) is 4.98 Å². The highest BCUT2D eigenvalue weighted by Crippen LogP contribution is 2.27. The van der Waals surface area contributed by atoms with E-state index in [4.69, 9.17) is 10.5 Å². The summed E-state index contributed by atoms with van der Waals surface area (Å²) in [7, 11) is 0. The Hall–Kier alpha value is -2.46. The van der Waals surface area contributed by atoms with E-state index in [0.717, 1.165) is 16.5 Å². The van der Waals surface area contributed by atoms with Gasteiger partial charge in [-0.1, -0.05) is 24.3 Å². The Morgan fingerprint density at radius 2 is 1.90 bits per heavy atom. The lowest BCUT2D eigenvalue weighted by Crippen LogP contribution is -2.05. The highest BCUT2D eigenvalue weighted by atomic mass is 16.5. The predicted molar refractivity (Wildman–Crippen MR) is 78.7 cm³/mol. The van der Waals surface area contributed by atoms with E-state index in [1.165, 1.54) is 0 Å². The minimum atomic E-state index is -0.0317. The largest absolute Gasteiger partial charge is 0.437 e. The van der Waals surface area contributed by atoms with Crippen molar-refractivity contribution < 1.29 is 4.74 Å². The second-order valence-electron chi connectivity index (χ2n) is 4.65. The molecule has 0 aliphatic rings. The molecule has 2 heterocycles. The lowest BCUT2D eigenvalue weighted by atomic mass is 10.2. The topological polar surface area (TPSA) is 61.0 Å². The SMILES string of the molecule is C[C@@H](N)c1ccc(Oc2cccc3cccnc23)nc1. The first-order valence-electron chi connectivity index (χ1n) is 6.47. The van der Waals surface area contributed by atoms with Gasteiger partial charge in [0, 0.05) is 29.9 Å². The third kappa shape index (κ3) is 2.46. The molecule has 0 spiro atoms. The van der Waals surface area contributed by atoms with Crippen LogP contribution < -0.4 is 10.5 Å². The second-order valence-corrected chi connectivity index (χ2v) is 4.65. The molecule has 100 valence electrons. The molecule has 0 saturated heterocycles. The molecule has 4 heteroatoms. The third-order valence-electron chi connectivity index (χ3n) is 3.10. The van der Waals surface area contributed by atoms with Crippen LogP contribution in [0.1, 0.15) is 18.5 Å². The smallest absolute Gasteiger partial charge is 0.219 e. The van der Waals surface area contributed by atoms with Crippen LogP contribution in [0.2, 0.25) is 0 Å². The fourth-order valence-corrected chi connectivity index (χ4v) is 1.99. The summed E-state index contributed by atoms with van der Waals surface area (Å²) in [6, 6.07) is 13.4. The fourth-order valence-electron chi connectivity index (χ4n) is 1.99. The lowest BCUT2D eigenvalue weighted by Gasteiger charge is -2.09. The van der Waals surface area contributed by atoms with Gasteiger partial charge in [-0.2, -0.15) is 0 Å². The van der Waals surface area contributed by atoms with Gasteiger partial charge in [0.05, 0.1) is 0 Å². The molecule has 0 aliphatic heterocycles. The van der Waals surface area contributed by atoms with E-state index in [1.54, 1.807) is 12.4 Å². The molecule has 3 rings (SSSR count). The minimum absolute atomic E-state index is 0.0317. The van der Waals surface area contributed by atoms with Gasteiger partial charge < -0.3 is 10.5 Å². The van der Waals surface area contributed by atoms with Crippen LogP contribution in [0.25, 0.3) is 10.9 Å². The summed E-state index contributed by atoms with van der Waals surface area (Å²) in [5, 5.41) is 1.04. The molecule has 0 aliphatic carbocycles. The molecular weight excluding hydrogens is 250 g/mol. The van der Waals surface area contributed by atoms with E-state index in [9.17, 15) is 0 Å². The first-order chi connectivity index (χ1) is 9.74. The Kier molecular flexibility index (Phi) is 3.31. The maximum atomic E-state index is 5.81. The molecule has 0 fully saturated rings. The van der Waals surface area contributed by atoms with E-state index in [-0.39, 0.29) is 6.04 Å². The van der Waals surface area contributed by atoms with Gasteiger partial charge in [0.1, 0.15) is 5.52 Å². The van der Waals surface area contributed by atoms with E-state index in [2.05, 4.69) is 9.97 Å². The second kappa shape index (κ2) is 5.27. The molecule has 0 unspecified atom stereocenters. The summed E-state index contributed by atoms with van der Waals surface area (Å²) in [5.41, 5.74) is 7.61. The molecule has 2 N–H and O–H groups in total. The fraction of sp³-hybridized carbons (Fsp3) is 0.125. The zero-order valence-electron chi connectivity index (χ0n) is 11.2. The minimum Gasteiger partial charge on any atom is -0.437 e. The molecule has 1 atom stereocenters. The van der Waals surface area contributed by atoms with Crippen molar-refractivity contribution in [1.82, 2.24) is 9.97 Å². The maximum Gasteiger partial charge on any atom is 0.219 e. The number of benzene rings is 1. The monoisotopic (exact) mass is 265 g/mol. The van der Waals surface area contributed by atoms with Crippen LogP contribution in [0.4, 0.5) is 0 Å². The van der Waals surface area contributed by atoms with Gasteiger partial charge in [-0.3, -0.25) is 4.98 Å². The first kappa shape index (κ1) is 12.6. The zero-order chi connectivity index (χ0) is 13.9. The van der Waals surface area contributed by atoms with Gasteiger partial charge in [-0.15, -0.1) is 0 Å². The summed E-state index contributed by atoms with van der Waals surface area (Å²) in [5.74, 6) is 1.23. The summed E-state index contributed by atoms with van der Waals surface area (Å²) >= 11 is 0. The number of pyridine rings is 2. The number of nitrogens with two attached hydrogens (primary N) is 1. The van der Waals surface area contributed by atoms with Crippen LogP contribution in [0.3, 0.4) is 0 Å². The average Bonchev–Trinajstić information content (AvgIpc) is 2.48. The van der Waals surface area contributed by atoms with Crippen molar-refractivity contribution in [3.63, 3.8) is 0 Å². The molecular formula is C16H15N3O. The quantitative estimate of drug-likeness (QED) is 0.788. The number of aromatic nitrogens is 2. The number of hydrogen-bond acceptors (Lipinski definition) is 4.